The molecule has 108 valence electrons. The largest absolute Gasteiger partial charge is 0.508 e. The van der Waals surface area contributed by atoms with Gasteiger partial charge in [-0.1, -0.05) is 35.9 Å². The molecule has 0 saturated heterocycles. The molecule has 0 fully saturated rings. The normalized spacial score (nSPS) is 9.95. The first-order valence-electron chi connectivity index (χ1n) is 6.49. The zero-order chi connectivity index (χ0) is 15.2. The SMILES string of the molecule is Cc1ccc(NC(=O)C(=O)NCc2ccccc2O)cc1. The van der Waals surface area contributed by atoms with Crippen LogP contribution in [-0.4, -0.2) is 16.9 Å². The van der Waals surface area contributed by atoms with Crippen LogP contribution in [0.25, 0.3) is 0 Å². The summed E-state index contributed by atoms with van der Waals surface area (Å²) in [5, 5.41) is 14.5. The first-order valence-corrected chi connectivity index (χ1v) is 6.49. The van der Waals surface area contributed by atoms with Crippen molar-refractivity contribution in [3.8, 4) is 5.75 Å². The molecule has 5 heteroatoms. The second-order valence-corrected chi connectivity index (χ2v) is 4.63. The molecule has 0 aliphatic carbocycles. The fourth-order valence-electron chi connectivity index (χ4n) is 1.74. The van der Waals surface area contributed by atoms with Crippen LogP contribution in [0.15, 0.2) is 48.5 Å². The molecule has 0 aromatic heterocycles. The maximum atomic E-state index is 11.7. The molecule has 0 bridgehead atoms. The summed E-state index contributed by atoms with van der Waals surface area (Å²) >= 11 is 0. The molecule has 0 radical (unpaired) electrons. The molecule has 0 spiro atoms. The summed E-state index contributed by atoms with van der Waals surface area (Å²) in [4.78, 5) is 23.4. The highest BCUT2D eigenvalue weighted by Crippen LogP contribution is 2.14. The van der Waals surface area contributed by atoms with Gasteiger partial charge >= 0.3 is 11.8 Å². The summed E-state index contributed by atoms with van der Waals surface area (Å²) in [5.41, 5.74) is 2.18. The molecular formula is C16H16N2O3. The number of phenolic OH excluding ortho intramolecular Hbond substituents is 1. The third kappa shape index (κ3) is 4.07. The number of carbonyl (C=O) groups excluding carboxylic acids is 2. The van der Waals surface area contributed by atoms with E-state index in [1.165, 1.54) is 6.07 Å². The summed E-state index contributed by atoms with van der Waals surface area (Å²) in [7, 11) is 0. The smallest absolute Gasteiger partial charge is 0.313 e. The number of para-hydroxylation sites is 1. The van der Waals surface area contributed by atoms with Crippen molar-refractivity contribution >= 4 is 17.5 Å². The Kier molecular flexibility index (Phi) is 4.56. The van der Waals surface area contributed by atoms with Crippen molar-refractivity contribution in [1.82, 2.24) is 5.32 Å². The summed E-state index contributed by atoms with van der Waals surface area (Å²) in [5.74, 6) is -1.41. The number of aryl methyl sites for hydroxylation is 1. The molecule has 0 saturated carbocycles. The molecule has 0 aliphatic rings. The van der Waals surface area contributed by atoms with Gasteiger partial charge in [0.15, 0.2) is 0 Å². The van der Waals surface area contributed by atoms with Gasteiger partial charge in [-0.15, -0.1) is 0 Å². The minimum absolute atomic E-state index is 0.0803. The Morgan fingerprint density at radius 3 is 2.33 bits per heavy atom. The fourth-order valence-corrected chi connectivity index (χ4v) is 1.74. The molecule has 2 aromatic carbocycles. The highest BCUT2D eigenvalue weighted by atomic mass is 16.3. The van der Waals surface area contributed by atoms with Gasteiger partial charge in [0.25, 0.3) is 0 Å². The summed E-state index contributed by atoms with van der Waals surface area (Å²) in [6, 6.07) is 13.8. The van der Waals surface area contributed by atoms with E-state index in [-0.39, 0.29) is 12.3 Å². The molecular weight excluding hydrogens is 268 g/mol. The van der Waals surface area contributed by atoms with Gasteiger partial charge in [0.1, 0.15) is 5.75 Å². The van der Waals surface area contributed by atoms with E-state index in [9.17, 15) is 14.7 Å². The topological polar surface area (TPSA) is 78.4 Å². The third-order valence-electron chi connectivity index (χ3n) is 2.95. The first kappa shape index (κ1) is 14.6. The number of anilines is 1. The number of amides is 2. The van der Waals surface area contributed by atoms with E-state index in [1.54, 1.807) is 30.3 Å². The maximum Gasteiger partial charge on any atom is 0.313 e. The minimum atomic E-state index is -0.751. The Bertz CT molecular complexity index is 651. The molecule has 2 amide bonds. The number of hydrogen-bond acceptors (Lipinski definition) is 3. The number of phenols is 1. The van der Waals surface area contributed by atoms with Crippen LogP contribution in [0.1, 0.15) is 11.1 Å². The summed E-state index contributed by atoms with van der Waals surface area (Å²) < 4.78 is 0. The van der Waals surface area contributed by atoms with E-state index in [0.29, 0.717) is 11.3 Å². The van der Waals surface area contributed by atoms with E-state index in [0.717, 1.165) is 5.56 Å². The number of carbonyl (C=O) groups is 2. The lowest BCUT2D eigenvalue weighted by atomic mass is 10.2. The van der Waals surface area contributed by atoms with E-state index < -0.39 is 11.8 Å². The van der Waals surface area contributed by atoms with Crippen molar-refractivity contribution in [2.45, 2.75) is 13.5 Å². The molecule has 2 aromatic rings. The zero-order valence-corrected chi connectivity index (χ0v) is 11.6. The highest BCUT2D eigenvalue weighted by Gasteiger charge is 2.13. The van der Waals surface area contributed by atoms with Crippen LogP contribution in [0.4, 0.5) is 5.69 Å². The number of rotatable bonds is 3. The van der Waals surface area contributed by atoms with Crippen molar-refractivity contribution in [3.63, 3.8) is 0 Å². The second kappa shape index (κ2) is 6.56. The zero-order valence-electron chi connectivity index (χ0n) is 11.6. The lowest BCUT2D eigenvalue weighted by molar-refractivity contribution is -0.136. The minimum Gasteiger partial charge on any atom is -0.508 e. The molecule has 0 unspecified atom stereocenters. The van der Waals surface area contributed by atoms with Crippen molar-refractivity contribution < 1.29 is 14.7 Å². The van der Waals surface area contributed by atoms with E-state index in [4.69, 9.17) is 0 Å². The van der Waals surface area contributed by atoms with Crippen LogP contribution < -0.4 is 10.6 Å². The Morgan fingerprint density at radius 1 is 1.00 bits per heavy atom. The van der Waals surface area contributed by atoms with E-state index in [1.807, 2.05) is 19.1 Å². The van der Waals surface area contributed by atoms with Gasteiger partial charge in [-0.3, -0.25) is 9.59 Å². The van der Waals surface area contributed by atoms with Crippen molar-refractivity contribution in [2.75, 3.05) is 5.32 Å². The monoisotopic (exact) mass is 284 g/mol. The molecule has 2 rings (SSSR count). The molecule has 21 heavy (non-hydrogen) atoms. The van der Waals surface area contributed by atoms with Gasteiger partial charge in [0, 0.05) is 17.8 Å². The lowest BCUT2D eigenvalue weighted by Crippen LogP contribution is -2.34. The maximum absolute atomic E-state index is 11.7. The Balaban J connectivity index is 1.90. The van der Waals surface area contributed by atoms with E-state index in [2.05, 4.69) is 10.6 Å². The van der Waals surface area contributed by atoms with Crippen LogP contribution in [0.2, 0.25) is 0 Å². The average molecular weight is 284 g/mol. The number of hydrogen-bond donors (Lipinski definition) is 3. The van der Waals surface area contributed by atoms with Crippen molar-refractivity contribution in [1.29, 1.82) is 0 Å². The Labute approximate surface area is 122 Å². The van der Waals surface area contributed by atoms with E-state index >= 15 is 0 Å². The van der Waals surface area contributed by atoms with Gasteiger partial charge in [0.2, 0.25) is 0 Å². The van der Waals surface area contributed by atoms with Crippen LogP contribution in [-0.2, 0) is 16.1 Å². The summed E-state index contributed by atoms with van der Waals surface area (Å²) in [6.07, 6.45) is 0. The number of benzene rings is 2. The van der Waals surface area contributed by atoms with Crippen molar-refractivity contribution in [3.05, 3.63) is 59.7 Å². The van der Waals surface area contributed by atoms with Crippen LogP contribution in [0, 0.1) is 6.92 Å². The van der Waals surface area contributed by atoms with Crippen LogP contribution >= 0.6 is 0 Å². The molecule has 0 atom stereocenters. The average Bonchev–Trinajstić information content (AvgIpc) is 2.48. The Hall–Kier alpha value is -2.82. The third-order valence-corrected chi connectivity index (χ3v) is 2.95. The van der Waals surface area contributed by atoms with Gasteiger partial charge in [-0.05, 0) is 25.1 Å². The van der Waals surface area contributed by atoms with Gasteiger partial charge in [-0.2, -0.15) is 0 Å². The van der Waals surface area contributed by atoms with Crippen LogP contribution in [0.5, 0.6) is 5.75 Å². The van der Waals surface area contributed by atoms with Crippen LogP contribution in [0.3, 0.4) is 0 Å². The fraction of sp³-hybridized carbons (Fsp3) is 0.125. The predicted octanol–water partition coefficient (Wildman–Crippen LogP) is 1.96. The number of nitrogens with one attached hydrogen (secondary N) is 2. The molecule has 3 N–H and O–H groups in total. The molecule has 0 heterocycles. The second-order valence-electron chi connectivity index (χ2n) is 4.63. The standard InChI is InChI=1S/C16H16N2O3/c1-11-6-8-13(9-7-11)18-16(21)15(20)17-10-12-4-2-3-5-14(12)19/h2-9,19H,10H2,1H3,(H,17,20)(H,18,21). The molecule has 5 nitrogen and oxygen atoms in total. The first-order chi connectivity index (χ1) is 10.1. The Morgan fingerprint density at radius 2 is 1.67 bits per heavy atom. The van der Waals surface area contributed by atoms with Gasteiger partial charge < -0.3 is 15.7 Å². The predicted molar refractivity (Wildman–Crippen MR) is 79.8 cm³/mol. The quantitative estimate of drug-likeness (QED) is 0.754. The lowest BCUT2D eigenvalue weighted by Gasteiger charge is -2.08. The van der Waals surface area contributed by atoms with Gasteiger partial charge in [0.05, 0.1) is 0 Å². The van der Waals surface area contributed by atoms with Crippen molar-refractivity contribution in [2.24, 2.45) is 0 Å². The highest BCUT2D eigenvalue weighted by molar-refractivity contribution is 6.39. The summed E-state index contributed by atoms with van der Waals surface area (Å²) in [6.45, 7) is 2.03. The number of aromatic hydroxyl groups is 1. The molecule has 0 aliphatic heterocycles. The van der Waals surface area contributed by atoms with Gasteiger partial charge in [-0.25, -0.2) is 0 Å².